The standard InChI is InChI=1S/C25H34N4O2/c1-19-6-9-23(10-7-19)26-24(30)17-28-11-13-29(14-12-28)25(31)18-27(4)16-22-8-5-20(2)15-21(22)3/h5-10,15H,11-14,16-18H2,1-4H3,(H,26,30). The number of nitrogens with one attached hydrogen (secondary N) is 1. The molecule has 1 saturated heterocycles. The van der Waals surface area contributed by atoms with Crippen molar-refractivity contribution in [2.24, 2.45) is 0 Å². The minimum absolute atomic E-state index is 0.0168. The molecule has 1 N–H and O–H groups in total. The summed E-state index contributed by atoms with van der Waals surface area (Å²) in [6, 6.07) is 14.2. The summed E-state index contributed by atoms with van der Waals surface area (Å²) < 4.78 is 0. The molecule has 1 fully saturated rings. The number of aryl methyl sites for hydroxylation is 3. The highest BCUT2D eigenvalue weighted by Gasteiger charge is 2.23. The minimum Gasteiger partial charge on any atom is -0.339 e. The number of amides is 2. The summed E-state index contributed by atoms with van der Waals surface area (Å²) in [6.07, 6.45) is 0. The van der Waals surface area contributed by atoms with Crippen LogP contribution in [0, 0.1) is 20.8 Å². The summed E-state index contributed by atoms with van der Waals surface area (Å²) in [4.78, 5) is 31.1. The Kier molecular flexibility index (Phi) is 7.82. The average Bonchev–Trinajstić information content (AvgIpc) is 2.72. The van der Waals surface area contributed by atoms with Crippen LogP contribution < -0.4 is 5.32 Å². The number of hydrogen-bond donors (Lipinski definition) is 1. The molecule has 0 bridgehead atoms. The topological polar surface area (TPSA) is 55.9 Å². The van der Waals surface area contributed by atoms with Gasteiger partial charge in [-0.05, 0) is 51.1 Å². The van der Waals surface area contributed by atoms with Crippen LogP contribution in [-0.4, -0.2) is 72.8 Å². The Labute approximate surface area is 185 Å². The summed E-state index contributed by atoms with van der Waals surface area (Å²) in [5.41, 5.74) is 5.75. The molecule has 0 atom stereocenters. The quantitative estimate of drug-likeness (QED) is 0.746. The van der Waals surface area contributed by atoms with Crippen molar-refractivity contribution >= 4 is 17.5 Å². The third-order valence-corrected chi connectivity index (χ3v) is 5.77. The molecule has 0 saturated carbocycles. The highest BCUT2D eigenvalue weighted by molar-refractivity contribution is 5.92. The van der Waals surface area contributed by atoms with E-state index in [1.807, 2.05) is 43.1 Å². The Bertz CT molecular complexity index is 902. The number of benzene rings is 2. The van der Waals surface area contributed by atoms with Crippen LogP contribution in [0.25, 0.3) is 0 Å². The highest BCUT2D eigenvalue weighted by Crippen LogP contribution is 2.13. The van der Waals surface area contributed by atoms with E-state index in [0.29, 0.717) is 39.3 Å². The van der Waals surface area contributed by atoms with Gasteiger partial charge in [-0.25, -0.2) is 0 Å². The Hall–Kier alpha value is -2.70. The van der Waals surface area contributed by atoms with Gasteiger partial charge in [0.2, 0.25) is 11.8 Å². The molecule has 2 aromatic carbocycles. The van der Waals surface area contributed by atoms with Crippen LogP contribution in [-0.2, 0) is 16.1 Å². The van der Waals surface area contributed by atoms with Crippen LogP contribution in [0.4, 0.5) is 5.69 Å². The number of likely N-dealkylation sites (N-methyl/N-ethyl adjacent to an activating group) is 1. The van der Waals surface area contributed by atoms with Gasteiger partial charge < -0.3 is 10.2 Å². The number of nitrogens with zero attached hydrogens (tertiary/aromatic N) is 3. The number of rotatable bonds is 7. The van der Waals surface area contributed by atoms with Gasteiger partial charge in [0.15, 0.2) is 0 Å². The molecule has 166 valence electrons. The predicted molar refractivity (Wildman–Crippen MR) is 125 cm³/mol. The zero-order chi connectivity index (χ0) is 22.4. The second kappa shape index (κ2) is 10.6. The maximum Gasteiger partial charge on any atom is 0.238 e. The molecule has 0 spiro atoms. The monoisotopic (exact) mass is 422 g/mol. The fraction of sp³-hybridized carbons (Fsp3) is 0.440. The van der Waals surface area contributed by atoms with Crippen molar-refractivity contribution in [2.45, 2.75) is 27.3 Å². The van der Waals surface area contributed by atoms with E-state index < -0.39 is 0 Å². The molecular weight excluding hydrogens is 388 g/mol. The van der Waals surface area contributed by atoms with Crippen molar-refractivity contribution < 1.29 is 9.59 Å². The maximum absolute atomic E-state index is 12.7. The lowest BCUT2D eigenvalue weighted by molar-refractivity contribution is -0.134. The molecule has 0 unspecified atom stereocenters. The summed E-state index contributed by atoms with van der Waals surface area (Å²) in [5, 5.41) is 2.94. The minimum atomic E-state index is -0.0168. The smallest absolute Gasteiger partial charge is 0.238 e. The third-order valence-electron chi connectivity index (χ3n) is 5.77. The molecule has 2 amide bonds. The molecule has 2 aromatic rings. The van der Waals surface area contributed by atoms with Crippen LogP contribution in [0.1, 0.15) is 22.3 Å². The van der Waals surface area contributed by atoms with Crippen LogP contribution in [0.2, 0.25) is 0 Å². The predicted octanol–water partition coefficient (Wildman–Crippen LogP) is 2.83. The maximum atomic E-state index is 12.7. The molecule has 3 rings (SSSR count). The fourth-order valence-corrected chi connectivity index (χ4v) is 3.90. The fourth-order valence-electron chi connectivity index (χ4n) is 3.90. The molecule has 1 aliphatic rings. The molecule has 1 aliphatic heterocycles. The van der Waals surface area contributed by atoms with Gasteiger partial charge in [-0.15, -0.1) is 0 Å². The van der Waals surface area contributed by atoms with Gasteiger partial charge in [-0.2, -0.15) is 0 Å². The molecule has 0 radical (unpaired) electrons. The Morgan fingerprint density at radius 2 is 1.58 bits per heavy atom. The zero-order valence-corrected chi connectivity index (χ0v) is 19.1. The van der Waals surface area contributed by atoms with Gasteiger partial charge in [0.1, 0.15) is 0 Å². The van der Waals surface area contributed by atoms with Crippen molar-refractivity contribution in [3.05, 3.63) is 64.7 Å². The second-order valence-corrected chi connectivity index (χ2v) is 8.67. The van der Waals surface area contributed by atoms with Crippen LogP contribution in [0.15, 0.2) is 42.5 Å². The molecule has 0 aliphatic carbocycles. The number of carbonyl (C=O) groups is 2. The van der Waals surface area contributed by atoms with Gasteiger partial charge in [-0.3, -0.25) is 19.4 Å². The summed E-state index contributed by atoms with van der Waals surface area (Å²) in [5.74, 6) is 0.132. The van der Waals surface area contributed by atoms with Crippen molar-refractivity contribution in [1.29, 1.82) is 0 Å². The van der Waals surface area contributed by atoms with E-state index in [0.717, 1.165) is 12.2 Å². The molecule has 31 heavy (non-hydrogen) atoms. The number of anilines is 1. The molecule has 0 aromatic heterocycles. The average molecular weight is 423 g/mol. The summed E-state index contributed by atoms with van der Waals surface area (Å²) >= 11 is 0. The van der Waals surface area contributed by atoms with Crippen LogP contribution >= 0.6 is 0 Å². The molecule has 6 nitrogen and oxygen atoms in total. The lowest BCUT2D eigenvalue weighted by atomic mass is 10.1. The van der Waals surface area contributed by atoms with Crippen molar-refractivity contribution in [1.82, 2.24) is 14.7 Å². The molecule has 6 heteroatoms. The first-order valence-corrected chi connectivity index (χ1v) is 10.9. The number of piperazine rings is 1. The van der Waals surface area contributed by atoms with Crippen molar-refractivity contribution in [3.8, 4) is 0 Å². The van der Waals surface area contributed by atoms with Gasteiger partial charge in [0.25, 0.3) is 0 Å². The van der Waals surface area contributed by atoms with E-state index in [9.17, 15) is 9.59 Å². The van der Waals surface area contributed by atoms with Crippen molar-refractivity contribution in [3.63, 3.8) is 0 Å². The lowest BCUT2D eigenvalue weighted by Gasteiger charge is -2.35. The largest absolute Gasteiger partial charge is 0.339 e. The van der Waals surface area contributed by atoms with Gasteiger partial charge >= 0.3 is 0 Å². The van der Waals surface area contributed by atoms with E-state index in [4.69, 9.17) is 0 Å². The normalized spacial score (nSPS) is 14.7. The van der Waals surface area contributed by atoms with Gasteiger partial charge in [-0.1, -0.05) is 41.5 Å². The summed E-state index contributed by atoms with van der Waals surface area (Å²) in [7, 11) is 1.99. The SMILES string of the molecule is Cc1ccc(NC(=O)CN2CCN(C(=O)CN(C)Cc3ccc(C)cc3C)CC2)cc1. The number of carbonyl (C=O) groups excluding carboxylic acids is 2. The zero-order valence-electron chi connectivity index (χ0n) is 19.1. The lowest BCUT2D eigenvalue weighted by Crippen LogP contribution is -2.52. The van der Waals surface area contributed by atoms with E-state index >= 15 is 0 Å². The molecular formula is C25H34N4O2. The first-order chi connectivity index (χ1) is 14.8. The Morgan fingerprint density at radius 3 is 2.23 bits per heavy atom. The van der Waals surface area contributed by atoms with E-state index in [1.165, 1.54) is 22.3 Å². The van der Waals surface area contributed by atoms with Crippen LogP contribution in [0.3, 0.4) is 0 Å². The van der Waals surface area contributed by atoms with Crippen LogP contribution in [0.5, 0.6) is 0 Å². The van der Waals surface area contributed by atoms with E-state index in [2.05, 4.69) is 47.2 Å². The Morgan fingerprint density at radius 1 is 0.935 bits per heavy atom. The highest BCUT2D eigenvalue weighted by atomic mass is 16.2. The third kappa shape index (κ3) is 6.91. The Balaban J connectivity index is 1.40. The van der Waals surface area contributed by atoms with E-state index in [-0.39, 0.29) is 11.8 Å². The first-order valence-electron chi connectivity index (χ1n) is 10.9. The van der Waals surface area contributed by atoms with E-state index in [1.54, 1.807) is 0 Å². The van der Waals surface area contributed by atoms with Gasteiger partial charge in [0.05, 0.1) is 13.1 Å². The second-order valence-electron chi connectivity index (χ2n) is 8.67. The first kappa shape index (κ1) is 23.0. The summed E-state index contributed by atoms with van der Waals surface area (Å²) in [6.45, 7) is 10.5. The molecule has 1 heterocycles. The number of hydrogen-bond acceptors (Lipinski definition) is 4. The van der Waals surface area contributed by atoms with Crippen molar-refractivity contribution in [2.75, 3.05) is 51.6 Å². The van der Waals surface area contributed by atoms with Gasteiger partial charge in [0, 0.05) is 38.4 Å².